The number of hydrogen-bond acceptors (Lipinski definition) is 2. The third-order valence-electron chi connectivity index (χ3n) is 0.292. The molecule has 0 saturated carbocycles. The molecule has 0 heterocycles. The second kappa shape index (κ2) is 4.42. The van der Waals surface area contributed by atoms with Crippen LogP contribution in [0.4, 0.5) is 13.2 Å². The molecule has 0 rings (SSSR count). The van der Waals surface area contributed by atoms with E-state index in [1.807, 2.05) is 0 Å². The summed E-state index contributed by atoms with van der Waals surface area (Å²) in [4.78, 5) is 0. The zero-order chi connectivity index (χ0) is 11.5. The highest BCUT2D eigenvalue weighted by atomic mass is 32.2. The topological polar surface area (TPSA) is 54.4 Å². The highest BCUT2D eigenvalue weighted by Gasteiger charge is 2.44. The van der Waals surface area contributed by atoms with Crippen molar-refractivity contribution < 1.29 is 26.1 Å². The second-order valence-electron chi connectivity index (χ2n) is 3.92. The van der Waals surface area contributed by atoms with Gasteiger partial charge in [-0.25, -0.2) is 0 Å². The van der Waals surface area contributed by atoms with Gasteiger partial charge in [0.25, 0.3) is 0 Å². The number of rotatable bonds is 0. The van der Waals surface area contributed by atoms with Gasteiger partial charge in [0.1, 0.15) is 0 Å². The Hall–Kier alpha value is -0.0831. The van der Waals surface area contributed by atoms with Gasteiger partial charge in [0.2, 0.25) is 0 Å². The van der Waals surface area contributed by atoms with Gasteiger partial charge in [-0.1, -0.05) is 26.2 Å². The molecule has 0 aliphatic heterocycles. The molecule has 0 atom stereocenters. The normalized spacial score (nSPS) is 13.2. The van der Waals surface area contributed by atoms with E-state index in [9.17, 15) is 13.2 Å². The minimum absolute atomic E-state index is 0.611. The van der Waals surface area contributed by atoms with E-state index in [0.29, 0.717) is 0 Å². The van der Waals surface area contributed by atoms with Crippen LogP contribution in [0.2, 0.25) is 26.2 Å². The van der Waals surface area contributed by atoms with E-state index in [4.69, 9.17) is 13.0 Å². The van der Waals surface area contributed by atoms with E-state index >= 15 is 0 Å². The first kappa shape index (κ1) is 15.4. The molecule has 0 aliphatic rings. The molecule has 0 aromatic carbocycles. The predicted octanol–water partition coefficient (Wildman–Crippen LogP) is 2.35. The summed E-state index contributed by atoms with van der Waals surface area (Å²) in [5.41, 5.74) is -5.53. The third kappa shape index (κ3) is 14.7. The average molecular weight is 238 g/mol. The lowest BCUT2D eigenvalue weighted by molar-refractivity contribution is -0.0510. The molecular weight excluding hydrogens is 225 g/mol. The van der Waals surface area contributed by atoms with Crippen LogP contribution in [-0.2, 0) is 10.1 Å². The Morgan fingerprint density at radius 3 is 1.15 bits per heavy atom. The largest absolute Gasteiger partial charge is 0.522 e. The van der Waals surface area contributed by atoms with Crippen LogP contribution < -0.4 is 0 Å². The van der Waals surface area contributed by atoms with Gasteiger partial charge < -0.3 is 0 Å². The molecule has 0 aromatic heterocycles. The number of hydrogen-bond donors (Lipinski definition) is 1. The zero-order valence-electron chi connectivity index (χ0n) is 7.81. The van der Waals surface area contributed by atoms with Crippen molar-refractivity contribution in [3.63, 3.8) is 0 Å². The maximum Gasteiger partial charge on any atom is 0.522 e. The van der Waals surface area contributed by atoms with Crippen molar-refractivity contribution in [3.8, 4) is 0 Å². The molecule has 8 heteroatoms. The SMILES string of the molecule is C[Si](C)(C)C.O=S(=O)(O)C(F)(F)F. The Labute approximate surface area is 76.7 Å². The van der Waals surface area contributed by atoms with Gasteiger partial charge in [-0.05, 0) is 0 Å². The van der Waals surface area contributed by atoms with Crippen LogP contribution in [0.15, 0.2) is 0 Å². The minimum Gasteiger partial charge on any atom is -0.279 e. The van der Waals surface area contributed by atoms with Crippen LogP contribution in [-0.4, -0.2) is 26.6 Å². The fourth-order valence-corrected chi connectivity index (χ4v) is 0. The molecule has 0 amide bonds. The van der Waals surface area contributed by atoms with Crippen molar-refractivity contribution in [2.75, 3.05) is 0 Å². The van der Waals surface area contributed by atoms with Crippen molar-refractivity contribution >= 4 is 18.2 Å². The Bertz CT molecular complexity index is 233. The lowest BCUT2D eigenvalue weighted by atomic mass is 11.6. The van der Waals surface area contributed by atoms with Crippen LogP contribution in [0.3, 0.4) is 0 Å². The van der Waals surface area contributed by atoms with Gasteiger partial charge in [-0.2, -0.15) is 21.6 Å². The summed E-state index contributed by atoms with van der Waals surface area (Å²) in [5, 5.41) is 0. The molecule has 1 N–H and O–H groups in total. The fraction of sp³-hybridized carbons (Fsp3) is 1.00. The molecule has 0 radical (unpaired) electrons. The Balaban J connectivity index is 0. The Kier molecular flexibility index (Phi) is 5.24. The molecule has 3 nitrogen and oxygen atoms in total. The zero-order valence-corrected chi connectivity index (χ0v) is 9.62. The monoisotopic (exact) mass is 238 g/mol. The van der Waals surface area contributed by atoms with Crippen molar-refractivity contribution in [1.29, 1.82) is 0 Å². The standard InChI is InChI=1S/C4H12Si.CHF3O3S/c1-5(2,3)4;2-1(3,4)8(5,6)7/h1-4H3;(H,5,6,7). The molecule has 13 heavy (non-hydrogen) atoms. The maximum atomic E-state index is 10.7. The summed E-state index contributed by atoms with van der Waals surface area (Å²) in [6.45, 7) is 9.31. The maximum absolute atomic E-state index is 10.7. The van der Waals surface area contributed by atoms with Crippen molar-refractivity contribution in [2.45, 2.75) is 31.7 Å². The lowest BCUT2D eigenvalue weighted by Gasteiger charge is -2.01. The van der Waals surface area contributed by atoms with Crippen LogP contribution in [0, 0.1) is 0 Å². The Morgan fingerprint density at radius 1 is 1.08 bits per heavy atom. The van der Waals surface area contributed by atoms with Crippen molar-refractivity contribution in [1.82, 2.24) is 0 Å². The van der Waals surface area contributed by atoms with Crippen LogP contribution in [0.5, 0.6) is 0 Å². The molecule has 0 aromatic rings. The van der Waals surface area contributed by atoms with Gasteiger partial charge in [-0.3, -0.25) is 4.55 Å². The minimum atomic E-state index is -5.84. The summed E-state index contributed by atoms with van der Waals surface area (Å²) in [7, 11) is -6.45. The summed E-state index contributed by atoms with van der Waals surface area (Å²) in [5.74, 6) is 0. The van der Waals surface area contributed by atoms with Gasteiger partial charge in [0, 0.05) is 8.07 Å². The number of halogens is 3. The fourth-order valence-electron chi connectivity index (χ4n) is 0. The van der Waals surface area contributed by atoms with Crippen molar-refractivity contribution in [3.05, 3.63) is 0 Å². The molecule has 0 aliphatic carbocycles. The van der Waals surface area contributed by atoms with E-state index in [0.717, 1.165) is 0 Å². The van der Waals surface area contributed by atoms with E-state index in [1.165, 1.54) is 0 Å². The highest BCUT2D eigenvalue weighted by molar-refractivity contribution is 7.86. The summed E-state index contributed by atoms with van der Waals surface area (Å²) >= 11 is 0. The molecule has 0 saturated heterocycles. The van der Waals surface area contributed by atoms with Gasteiger partial charge in [-0.15, -0.1) is 0 Å². The van der Waals surface area contributed by atoms with Gasteiger partial charge in [0.15, 0.2) is 0 Å². The highest BCUT2D eigenvalue weighted by Crippen LogP contribution is 2.20. The molecule has 0 fully saturated rings. The van der Waals surface area contributed by atoms with E-state index in [1.54, 1.807) is 0 Å². The third-order valence-corrected chi connectivity index (χ3v) is 0.877. The summed E-state index contributed by atoms with van der Waals surface area (Å²) in [6.07, 6.45) is 0. The predicted molar refractivity (Wildman–Crippen MR) is 46.8 cm³/mol. The smallest absolute Gasteiger partial charge is 0.279 e. The quantitative estimate of drug-likeness (QED) is 0.400. The second-order valence-corrected chi connectivity index (χ2v) is 11.3. The molecule has 0 spiro atoms. The first-order valence-electron chi connectivity index (χ1n) is 3.29. The van der Waals surface area contributed by atoms with E-state index in [2.05, 4.69) is 26.2 Å². The molecule has 0 bridgehead atoms. The molecule has 82 valence electrons. The summed E-state index contributed by atoms with van der Waals surface area (Å²) < 4.78 is 57.5. The average Bonchev–Trinajstić information content (AvgIpc) is 1.50. The Morgan fingerprint density at radius 2 is 1.15 bits per heavy atom. The van der Waals surface area contributed by atoms with E-state index < -0.39 is 23.7 Å². The first-order valence-corrected chi connectivity index (χ1v) is 8.73. The van der Waals surface area contributed by atoms with Crippen LogP contribution in [0.25, 0.3) is 0 Å². The summed E-state index contributed by atoms with van der Waals surface area (Å²) in [6, 6.07) is 0. The van der Waals surface area contributed by atoms with Crippen LogP contribution >= 0.6 is 0 Å². The molecular formula is C5H13F3O3SSi. The lowest BCUT2D eigenvalue weighted by Crippen LogP contribution is -2.21. The van der Waals surface area contributed by atoms with Gasteiger partial charge >= 0.3 is 15.6 Å². The number of alkyl halides is 3. The van der Waals surface area contributed by atoms with E-state index in [-0.39, 0.29) is 0 Å². The van der Waals surface area contributed by atoms with Crippen molar-refractivity contribution in [2.24, 2.45) is 0 Å². The van der Waals surface area contributed by atoms with Crippen LogP contribution in [0.1, 0.15) is 0 Å². The first-order chi connectivity index (χ1) is 5.25. The van der Waals surface area contributed by atoms with Gasteiger partial charge in [0.05, 0.1) is 0 Å². The molecule has 0 unspecified atom stereocenters.